The fraction of sp³-hybridized carbons (Fsp3) is 0.200. The summed E-state index contributed by atoms with van der Waals surface area (Å²) in [6.45, 7) is 1.71. The maximum atomic E-state index is 13.0. The Bertz CT molecular complexity index is 991. The summed E-state index contributed by atoms with van der Waals surface area (Å²) >= 11 is 0.984. The molecule has 1 fully saturated rings. The van der Waals surface area contributed by atoms with Gasteiger partial charge in [-0.15, -0.1) is 5.10 Å². The average Bonchev–Trinajstić information content (AvgIpc) is 2.99. The molecule has 1 aliphatic heterocycles. The van der Waals surface area contributed by atoms with E-state index in [0.717, 1.165) is 16.7 Å². The molecule has 0 spiro atoms. The Hall–Kier alpha value is -3.20. The first-order valence-corrected chi connectivity index (χ1v) is 9.58. The lowest BCUT2D eigenvalue weighted by Gasteiger charge is -2.15. The molecule has 1 saturated heterocycles. The van der Waals surface area contributed by atoms with Gasteiger partial charge in [0.2, 0.25) is 11.8 Å². The van der Waals surface area contributed by atoms with Gasteiger partial charge in [0.1, 0.15) is 16.8 Å². The number of anilines is 1. The highest BCUT2D eigenvalue weighted by atomic mass is 32.2. The van der Waals surface area contributed by atoms with Crippen molar-refractivity contribution in [2.45, 2.75) is 18.6 Å². The number of amides is 2. The van der Waals surface area contributed by atoms with E-state index in [4.69, 9.17) is 10.5 Å². The van der Waals surface area contributed by atoms with Crippen LogP contribution in [0.4, 0.5) is 10.1 Å². The smallest absolute Gasteiger partial charge is 0.247 e. The normalized spacial score (nSPS) is 17.8. The minimum atomic E-state index is -0.682. The zero-order valence-electron chi connectivity index (χ0n) is 15.8. The number of nitrogens with zero attached hydrogens (tertiary/aromatic N) is 3. The SMILES string of the molecule is COc1cccc(N2C(=O)CC(SC(N)=NN=C(C)c3ccc(F)cc3)C2=O)c1. The highest BCUT2D eigenvalue weighted by Gasteiger charge is 2.40. The number of rotatable bonds is 5. The molecule has 1 unspecified atom stereocenters. The van der Waals surface area contributed by atoms with E-state index in [-0.39, 0.29) is 29.2 Å². The zero-order chi connectivity index (χ0) is 21.0. The summed E-state index contributed by atoms with van der Waals surface area (Å²) in [4.78, 5) is 26.2. The molecule has 7 nitrogen and oxygen atoms in total. The van der Waals surface area contributed by atoms with Crippen molar-refractivity contribution < 1.29 is 18.7 Å². The van der Waals surface area contributed by atoms with Crippen LogP contribution in [-0.2, 0) is 9.59 Å². The van der Waals surface area contributed by atoms with Gasteiger partial charge in [0.15, 0.2) is 5.17 Å². The van der Waals surface area contributed by atoms with Gasteiger partial charge in [-0.2, -0.15) is 5.10 Å². The van der Waals surface area contributed by atoms with E-state index in [2.05, 4.69) is 10.2 Å². The van der Waals surface area contributed by atoms with E-state index in [1.165, 1.54) is 19.2 Å². The Kier molecular flexibility index (Phi) is 6.28. The number of hydrogen-bond acceptors (Lipinski definition) is 6. The molecule has 2 N–H and O–H groups in total. The molecule has 2 amide bonds. The Labute approximate surface area is 171 Å². The highest BCUT2D eigenvalue weighted by molar-refractivity contribution is 8.14. The summed E-state index contributed by atoms with van der Waals surface area (Å²) in [5, 5.41) is 7.32. The van der Waals surface area contributed by atoms with Crippen LogP contribution in [0.2, 0.25) is 0 Å². The summed E-state index contributed by atoms with van der Waals surface area (Å²) in [6, 6.07) is 12.5. The monoisotopic (exact) mass is 414 g/mol. The van der Waals surface area contributed by atoms with Gasteiger partial charge in [0.25, 0.3) is 0 Å². The minimum absolute atomic E-state index is 0.0115. The number of methoxy groups -OCH3 is 1. The molecule has 0 saturated carbocycles. The zero-order valence-corrected chi connectivity index (χ0v) is 16.6. The Morgan fingerprint density at radius 3 is 2.62 bits per heavy atom. The number of thioether (sulfide) groups is 1. The van der Waals surface area contributed by atoms with Crippen molar-refractivity contribution in [3.63, 3.8) is 0 Å². The predicted octanol–water partition coefficient (Wildman–Crippen LogP) is 2.94. The highest BCUT2D eigenvalue weighted by Crippen LogP contribution is 2.31. The first-order chi connectivity index (χ1) is 13.9. The molecular weight excluding hydrogens is 395 g/mol. The van der Waals surface area contributed by atoms with Gasteiger partial charge in [0, 0.05) is 12.5 Å². The predicted molar refractivity (Wildman–Crippen MR) is 112 cm³/mol. The molecule has 0 bridgehead atoms. The number of halogens is 1. The maximum absolute atomic E-state index is 13.0. The summed E-state index contributed by atoms with van der Waals surface area (Å²) < 4.78 is 18.1. The first kappa shape index (κ1) is 20.5. The molecule has 1 heterocycles. The summed E-state index contributed by atoms with van der Waals surface area (Å²) in [5.41, 5.74) is 7.57. The summed E-state index contributed by atoms with van der Waals surface area (Å²) in [6.07, 6.45) is 0.0115. The van der Waals surface area contributed by atoms with Crippen molar-refractivity contribution in [1.29, 1.82) is 0 Å². The molecule has 0 aliphatic carbocycles. The standard InChI is InChI=1S/C20H19FN4O3S/c1-12(13-6-8-14(21)9-7-13)23-24-20(22)29-17-11-18(26)25(19(17)27)15-4-3-5-16(10-15)28-2/h3-10,17H,11H2,1-2H3,(H2,22,24). The van der Waals surface area contributed by atoms with Crippen molar-refractivity contribution in [2.24, 2.45) is 15.9 Å². The van der Waals surface area contributed by atoms with Crippen LogP contribution in [-0.4, -0.2) is 35.1 Å². The van der Waals surface area contributed by atoms with Crippen molar-refractivity contribution in [3.05, 3.63) is 59.9 Å². The Balaban J connectivity index is 1.70. The number of ether oxygens (including phenoxy) is 1. The number of nitrogens with two attached hydrogens (primary N) is 1. The third kappa shape index (κ3) is 4.80. The molecule has 1 aliphatic rings. The lowest BCUT2D eigenvalue weighted by Crippen LogP contribution is -2.31. The van der Waals surface area contributed by atoms with Crippen molar-refractivity contribution in [1.82, 2.24) is 0 Å². The van der Waals surface area contributed by atoms with Crippen LogP contribution in [0.15, 0.2) is 58.7 Å². The lowest BCUT2D eigenvalue weighted by molar-refractivity contribution is -0.121. The average molecular weight is 414 g/mol. The molecule has 3 rings (SSSR count). The van der Waals surface area contributed by atoms with Crippen LogP contribution in [0.1, 0.15) is 18.9 Å². The molecule has 2 aromatic carbocycles. The largest absolute Gasteiger partial charge is 0.497 e. The van der Waals surface area contributed by atoms with Crippen molar-refractivity contribution >= 4 is 40.1 Å². The van der Waals surface area contributed by atoms with E-state index in [1.54, 1.807) is 43.3 Å². The fourth-order valence-electron chi connectivity index (χ4n) is 2.76. The molecule has 150 valence electrons. The van der Waals surface area contributed by atoms with Crippen LogP contribution in [0.25, 0.3) is 0 Å². The van der Waals surface area contributed by atoms with Crippen LogP contribution >= 0.6 is 11.8 Å². The second-order valence-corrected chi connectivity index (χ2v) is 7.43. The fourth-order valence-corrected chi connectivity index (χ4v) is 3.57. The third-order valence-electron chi connectivity index (χ3n) is 4.24. The molecule has 29 heavy (non-hydrogen) atoms. The van der Waals surface area contributed by atoms with Gasteiger partial charge >= 0.3 is 0 Å². The number of hydrogen-bond donors (Lipinski definition) is 1. The van der Waals surface area contributed by atoms with Crippen LogP contribution in [0.3, 0.4) is 0 Å². The summed E-state index contributed by atoms with van der Waals surface area (Å²) in [5.74, 6) is -0.485. The van der Waals surface area contributed by atoms with Crippen molar-refractivity contribution in [3.8, 4) is 5.75 Å². The van der Waals surface area contributed by atoms with Gasteiger partial charge < -0.3 is 10.5 Å². The molecule has 0 aromatic heterocycles. The topological polar surface area (TPSA) is 97.3 Å². The lowest BCUT2D eigenvalue weighted by atomic mass is 10.1. The number of benzene rings is 2. The second kappa shape index (κ2) is 8.87. The van der Waals surface area contributed by atoms with Gasteiger partial charge in [0.05, 0.1) is 18.5 Å². The molecule has 0 radical (unpaired) electrons. The second-order valence-electron chi connectivity index (χ2n) is 6.21. The quantitative estimate of drug-likeness (QED) is 0.351. The first-order valence-electron chi connectivity index (χ1n) is 8.70. The van der Waals surface area contributed by atoms with Crippen LogP contribution in [0, 0.1) is 5.82 Å². The summed E-state index contributed by atoms with van der Waals surface area (Å²) in [7, 11) is 1.51. The van der Waals surface area contributed by atoms with Crippen LogP contribution in [0.5, 0.6) is 5.75 Å². The molecule has 1 atom stereocenters. The third-order valence-corrected chi connectivity index (χ3v) is 5.22. The van der Waals surface area contributed by atoms with Gasteiger partial charge in [-0.25, -0.2) is 9.29 Å². The molecule has 2 aromatic rings. The van der Waals surface area contributed by atoms with Gasteiger partial charge in [-0.1, -0.05) is 30.0 Å². The van der Waals surface area contributed by atoms with Crippen molar-refractivity contribution in [2.75, 3.05) is 12.0 Å². The van der Waals surface area contributed by atoms with Gasteiger partial charge in [-0.05, 0) is 36.8 Å². The number of carbonyl (C=O) groups is 2. The van der Waals surface area contributed by atoms with E-state index in [0.29, 0.717) is 22.7 Å². The Morgan fingerprint density at radius 2 is 1.93 bits per heavy atom. The van der Waals surface area contributed by atoms with Crippen LogP contribution < -0.4 is 15.4 Å². The minimum Gasteiger partial charge on any atom is -0.497 e. The molecule has 9 heteroatoms. The van der Waals surface area contributed by atoms with E-state index in [9.17, 15) is 14.0 Å². The Morgan fingerprint density at radius 1 is 1.21 bits per heavy atom. The number of amidine groups is 1. The number of imide groups is 1. The van der Waals surface area contributed by atoms with E-state index in [1.807, 2.05) is 0 Å². The maximum Gasteiger partial charge on any atom is 0.247 e. The number of carbonyl (C=O) groups excluding carboxylic acids is 2. The van der Waals surface area contributed by atoms with E-state index >= 15 is 0 Å². The molecular formula is C20H19FN4O3S. The van der Waals surface area contributed by atoms with Gasteiger partial charge in [-0.3, -0.25) is 9.59 Å². The van der Waals surface area contributed by atoms with E-state index < -0.39 is 5.25 Å².